The van der Waals surface area contributed by atoms with Crippen molar-refractivity contribution in [3.8, 4) is 0 Å². The molecule has 2 fully saturated rings. The molecule has 2 aliphatic heterocycles. The van der Waals surface area contributed by atoms with E-state index in [4.69, 9.17) is 0 Å². The molecule has 3 N–H and O–H groups in total. The van der Waals surface area contributed by atoms with E-state index in [-0.39, 0.29) is 6.10 Å². The van der Waals surface area contributed by atoms with Gasteiger partial charge in [-0.25, -0.2) is 0 Å². The van der Waals surface area contributed by atoms with Gasteiger partial charge >= 0.3 is 0 Å². The van der Waals surface area contributed by atoms with E-state index >= 15 is 0 Å². The largest absolute Gasteiger partial charge is 0.392 e. The van der Waals surface area contributed by atoms with Gasteiger partial charge in [-0.2, -0.15) is 5.10 Å². The molecule has 3 unspecified atom stereocenters. The molecule has 0 saturated carbocycles. The highest BCUT2D eigenvalue weighted by molar-refractivity contribution is 5.81. The maximum Gasteiger partial charge on any atom is 0.0651 e. The molecule has 3 atom stereocenters. The summed E-state index contributed by atoms with van der Waals surface area (Å²) in [6, 6.07) is 8.18. The molecule has 0 amide bonds. The van der Waals surface area contributed by atoms with Gasteiger partial charge in [0.15, 0.2) is 0 Å². The van der Waals surface area contributed by atoms with Gasteiger partial charge < -0.3 is 10.4 Å². The minimum Gasteiger partial charge on any atom is -0.392 e. The quantitative estimate of drug-likeness (QED) is 0.811. The number of piperidine rings is 1. The van der Waals surface area contributed by atoms with Gasteiger partial charge in [-0.3, -0.25) is 10.00 Å². The van der Waals surface area contributed by atoms with Crippen molar-refractivity contribution >= 4 is 16.6 Å². The Morgan fingerprint density at radius 1 is 1.36 bits per heavy atom. The van der Waals surface area contributed by atoms with Gasteiger partial charge in [-0.1, -0.05) is 0 Å². The number of hydrogen-bond acceptors (Lipinski definition) is 4. The number of fused-ring (bicyclic) bond motifs is 3. The summed E-state index contributed by atoms with van der Waals surface area (Å²) in [7, 11) is 0. The lowest BCUT2D eigenvalue weighted by atomic mass is 9.96. The maximum atomic E-state index is 9.68. The maximum absolute atomic E-state index is 9.68. The number of aliphatic hydroxyl groups is 1. The first-order valence-electron chi connectivity index (χ1n) is 8.32. The number of anilines is 1. The third-order valence-corrected chi connectivity index (χ3v) is 5.17. The van der Waals surface area contributed by atoms with Crippen molar-refractivity contribution in [2.45, 2.75) is 56.8 Å². The first-order valence-corrected chi connectivity index (χ1v) is 8.32. The van der Waals surface area contributed by atoms with Crippen LogP contribution in [0.1, 0.15) is 32.6 Å². The molecule has 0 aliphatic carbocycles. The van der Waals surface area contributed by atoms with Crippen molar-refractivity contribution in [2.75, 3.05) is 11.9 Å². The average Bonchev–Trinajstić information content (AvgIpc) is 3.01. The number of nitrogens with one attached hydrogen (secondary N) is 2. The van der Waals surface area contributed by atoms with Gasteiger partial charge in [0.1, 0.15) is 0 Å². The molecule has 5 nitrogen and oxygen atoms in total. The molecule has 3 heterocycles. The molecule has 118 valence electrons. The number of H-pyrrole nitrogens is 1. The van der Waals surface area contributed by atoms with Crippen LogP contribution in [0.25, 0.3) is 10.9 Å². The van der Waals surface area contributed by atoms with E-state index in [0.717, 1.165) is 17.4 Å². The van der Waals surface area contributed by atoms with Gasteiger partial charge in [0, 0.05) is 35.7 Å². The Morgan fingerprint density at radius 2 is 2.14 bits per heavy atom. The number of rotatable bonds is 4. The summed E-state index contributed by atoms with van der Waals surface area (Å²) < 4.78 is 0. The van der Waals surface area contributed by atoms with Crippen LogP contribution < -0.4 is 5.32 Å². The number of aromatic nitrogens is 2. The Balaban J connectivity index is 1.44. The number of hydrogen-bond donors (Lipinski definition) is 3. The number of benzene rings is 1. The Bertz CT molecular complexity index is 639. The zero-order chi connectivity index (χ0) is 15.1. The van der Waals surface area contributed by atoms with Crippen LogP contribution >= 0.6 is 0 Å². The van der Waals surface area contributed by atoms with Crippen molar-refractivity contribution in [2.24, 2.45) is 0 Å². The highest BCUT2D eigenvalue weighted by Gasteiger charge is 2.40. The average molecular weight is 300 g/mol. The molecule has 0 spiro atoms. The van der Waals surface area contributed by atoms with Crippen LogP contribution in [0.4, 0.5) is 5.69 Å². The smallest absolute Gasteiger partial charge is 0.0651 e. The standard InChI is InChI=1S/C17H24N4O/c1-11(22)10-21-15-3-4-16(21)8-14(7-15)19-13-2-5-17-12(6-13)9-18-20-17/h2,5-6,9,11,14-16,19,22H,3-4,7-8,10H2,1H3,(H,18,20). The van der Waals surface area contributed by atoms with Crippen LogP contribution in [0.3, 0.4) is 0 Å². The molecule has 2 bridgehead atoms. The van der Waals surface area contributed by atoms with E-state index in [1.165, 1.54) is 31.4 Å². The summed E-state index contributed by atoms with van der Waals surface area (Å²) in [6.45, 7) is 2.72. The highest BCUT2D eigenvalue weighted by Crippen LogP contribution is 2.37. The van der Waals surface area contributed by atoms with Crippen LogP contribution in [0.15, 0.2) is 24.4 Å². The summed E-state index contributed by atoms with van der Waals surface area (Å²) in [4.78, 5) is 2.53. The van der Waals surface area contributed by atoms with Crippen LogP contribution in [0.2, 0.25) is 0 Å². The van der Waals surface area contributed by atoms with Gasteiger partial charge in [-0.15, -0.1) is 0 Å². The van der Waals surface area contributed by atoms with Crippen LogP contribution in [0, 0.1) is 0 Å². The lowest BCUT2D eigenvalue weighted by Gasteiger charge is -2.40. The van der Waals surface area contributed by atoms with Crippen molar-refractivity contribution in [3.05, 3.63) is 24.4 Å². The van der Waals surface area contributed by atoms with E-state index in [2.05, 4.69) is 38.6 Å². The fourth-order valence-corrected chi connectivity index (χ4v) is 4.26. The lowest BCUT2D eigenvalue weighted by molar-refractivity contribution is 0.0675. The van der Waals surface area contributed by atoms with Crippen LogP contribution in [0.5, 0.6) is 0 Å². The normalized spacial score (nSPS) is 29.8. The SMILES string of the molecule is CC(O)CN1C2CCC1CC(Nc1ccc3[nH]ncc3c1)C2. The van der Waals surface area contributed by atoms with E-state index in [1.54, 1.807) is 0 Å². The third-order valence-electron chi connectivity index (χ3n) is 5.17. The molecule has 2 aromatic rings. The van der Waals surface area contributed by atoms with E-state index in [0.29, 0.717) is 18.1 Å². The van der Waals surface area contributed by atoms with Gasteiger partial charge in [-0.05, 0) is 50.8 Å². The molecular weight excluding hydrogens is 276 g/mol. The minimum absolute atomic E-state index is 0.226. The van der Waals surface area contributed by atoms with Crippen LogP contribution in [-0.2, 0) is 0 Å². The second-order valence-electron chi connectivity index (χ2n) is 6.92. The Hall–Kier alpha value is -1.59. The van der Waals surface area contributed by atoms with E-state index in [9.17, 15) is 5.11 Å². The topological polar surface area (TPSA) is 64.2 Å². The van der Waals surface area contributed by atoms with Crippen molar-refractivity contribution in [1.29, 1.82) is 0 Å². The molecule has 5 heteroatoms. The second kappa shape index (κ2) is 5.56. The summed E-state index contributed by atoms with van der Waals surface area (Å²) in [5, 5.41) is 21.6. The number of nitrogens with zero attached hydrogens (tertiary/aromatic N) is 2. The summed E-state index contributed by atoms with van der Waals surface area (Å²) in [5.41, 5.74) is 2.26. The Morgan fingerprint density at radius 3 is 2.86 bits per heavy atom. The molecule has 2 saturated heterocycles. The summed E-state index contributed by atoms with van der Waals surface area (Å²) in [6.07, 6.45) is 6.54. The van der Waals surface area contributed by atoms with E-state index in [1.807, 2.05) is 13.1 Å². The second-order valence-corrected chi connectivity index (χ2v) is 6.92. The molecule has 0 radical (unpaired) electrons. The van der Waals surface area contributed by atoms with Gasteiger partial charge in [0.2, 0.25) is 0 Å². The van der Waals surface area contributed by atoms with Crippen molar-refractivity contribution < 1.29 is 5.11 Å². The minimum atomic E-state index is -0.226. The van der Waals surface area contributed by atoms with Crippen molar-refractivity contribution in [3.63, 3.8) is 0 Å². The zero-order valence-electron chi connectivity index (χ0n) is 13.0. The number of aliphatic hydroxyl groups excluding tert-OH is 1. The molecule has 1 aromatic heterocycles. The monoisotopic (exact) mass is 300 g/mol. The molecule has 1 aromatic carbocycles. The summed E-state index contributed by atoms with van der Waals surface area (Å²) >= 11 is 0. The molecule has 2 aliphatic rings. The first kappa shape index (κ1) is 14.0. The predicted molar refractivity (Wildman–Crippen MR) is 87.9 cm³/mol. The number of aromatic amines is 1. The van der Waals surface area contributed by atoms with Gasteiger partial charge in [0.05, 0.1) is 17.8 Å². The summed E-state index contributed by atoms with van der Waals surface area (Å²) in [5.74, 6) is 0. The van der Waals surface area contributed by atoms with Crippen molar-refractivity contribution in [1.82, 2.24) is 15.1 Å². The zero-order valence-corrected chi connectivity index (χ0v) is 13.0. The molecular formula is C17H24N4O. The first-order chi connectivity index (χ1) is 10.7. The predicted octanol–water partition coefficient (Wildman–Crippen LogP) is 2.35. The molecule has 22 heavy (non-hydrogen) atoms. The third kappa shape index (κ3) is 2.59. The van der Waals surface area contributed by atoms with Crippen LogP contribution in [-0.4, -0.2) is 51.0 Å². The lowest BCUT2D eigenvalue weighted by Crippen LogP contribution is -2.49. The fourth-order valence-electron chi connectivity index (χ4n) is 4.26. The Kier molecular flexibility index (Phi) is 3.54. The highest BCUT2D eigenvalue weighted by atomic mass is 16.3. The Labute approximate surface area is 130 Å². The molecule has 4 rings (SSSR count). The fraction of sp³-hybridized carbons (Fsp3) is 0.588. The van der Waals surface area contributed by atoms with E-state index < -0.39 is 0 Å². The van der Waals surface area contributed by atoms with Gasteiger partial charge in [0.25, 0.3) is 0 Å².